The van der Waals surface area contributed by atoms with E-state index in [1.165, 1.54) is 0 Å². The average molecular weight is 230 g/mol. The number of hydrogen-bond acceptors (Lipinski definition) is 2. The Morgan fingerprint density at radius 3 is 2.13 bits per heavy atom. The maximum absolute atomic E-state index is 12.2. The van der Waals surface area contributed by atoms with Crippen molar-refractivity contribution >= 4 is 9.84 Å². The molecule has 0 aromatic carbocycles. The molecule has 2 fully saturated rings. The van der Waals surface area contributed by atoms with Crippen LogP contribution in [0.4, 0.5) is 0 Å². The average Bonchev–Trinajstić information content (AvgIpc) is 2.24. The highest BCUT2D eigenvalue weighted by Crippen LogP contribution is 2.60. The molecule has 0 amide bonds. The predicted octanol–water partition coefficient (Wildman–Crippen LogP) is 2.35. The van der Waals surface area contributed by atoms with E-state index in [1.807, 2.05) is 0 Å². The smallest absolute Gasteiger partial charge is 0.154 e. The third kappa shape index (κ3) is 1.19. The third-order valence-electron chi connectivity index (χ3n) is 5.72. The molecule has 6 atom stereocenters. The van der Waals surface area contributed by atoms with Crippen LogP contribution >= 0.6 is 0 Å². The van der Waals surface area contributed by atoms with Gasteiger partial charge in [-0.2, -0.15) is 0 Å². The molecule has 15 heavy (non-hydrogen) atoms. The van der Waals surface area contributed by atoms with E-state index in [0.717, 1.165) is 0 Å². The molecule has 1 aliphatic heterocycles. The van der Waals surface area contributed by atoms with Crippen LogP contribution in [0.5, 0.6) is 0 Å². The summed E-state index contributed by atoms with van der Waals surface area (Å²) in [7, 11) is -2.85. The second kappa shape index (κ2) is 2.99. The summed E-state index contributed by atoms with van der Waals surface area (Å²) in [6.45, 7) is 10.9. The van der Waals surface area contributed by atoms with Gasteiger partial charge in [-0.3, -0.25) is 0 Å². The molecule has 88 valence electrons. The Balaban J connectivity index is 2.57. The van der Waals surface area contributed by atoms with Gasteiger partial charge in [0.1, 0.15) is 0 Å². The summed E-state index contributed by atoms with van der Waals surface area (Å²) < 4.78 is 24.3. The molecule has 2 bridgehead atoms. The second-order valence-electron chi connectivity index (χ2n) is 6.00. The highest BCUT2D eigenvalue weighted by molar-refractivity contribution is 7.92. The Kier molecular flexibility index (Phi) is 2.28. The lowest BCUT2D eigenvalue weighted by Gasteiger charge is -2.43. The summed E-state index contributed by atoms with van der Waals surface area (Å²) in [6, 6.07) is 0. The van der Waals surface area contributed by atoms with Crippen LogP contribution in [0.1, 0.15) is 34.6 Å². The lowest BCUT2D eigenvalue weighted by molar-refractivity contribution is 0.0966. The maximum Gasteiger partial charge on any atom is 0.154 e. The molecular weight excluding hydrogens is 208 g/mol. The van der Waals surface area contributed by atoms with E-state index < -0.39 is 9.84 Å². The first-order valence-electron chi connectivity index (χ1n) is 5.94. The van der Waals surface area contributed by atoms with Gasteiger partial charge >= 0.3 is 0 Å². The van der Waals surface area contributed by atoms with Gasteiger partial charge in [-0.1, -0.05) is 34.6 Å². The minimum Gasteiger partial charge on any atom is -0.229 e. The van der Waals surface area contributed by atoms with Crippen LogP contribution in [-0.4, -0.2) is 19.4 Å². The summed E-state index contributed by atoms with van der Waals surface area (Å²) in [5, 5.41) is -0.0892. The van der Waals surface area contributed by atoms with Crippen molar-refractivity contribution in [3.05, 3.63) is 0 Å². The minimum atomic E-state index is -2.85. The van der Waals surface area contributed by atoms with E-state index in [-0.39, 0.29) is 10.7 Å². The van der Waals surface area contributed by atoms with Gasteiger partial charge in [0, 0.05) is 0 Å². The summed E-state index contributed by atoms with van der Waals surface area (Å²) in [5.41, 5.74) is 0.218. The molecule has 1 heterocycles. The van der Waals surface area contributed by atoms with Crippen molar-refractivity contribution in [2.24, 2.45) is 29.1 Å². The monoisotopic (exact) mass is 230 g/mol. The molecule has 0 spiro atoms. The standard InChI is InChI=1S/C12H22O2S/c1-7-6-15(13,14)11-8(2)9(3)12(7,5)10(11)4/h7-11H,6H2,1-5H3. The van der Waals surface area contributed by atoms with Gasteiger partial charge in [-0.05, 0) is 29.1 Å². The zero-order valence-electron chi connectivity index (χ0n) is 10.3. The summed E-state index contributed by atoms with van der Waals surface area (Å²) >= 11 is 0. The predicted molar refractivity (Wildman–Crippen MR) is 62.3 cm³/mol. The fourth-order valence-electron chi connectivity index (χ4n) is 4.25. The molecular formula is C12H22O2S. The zero-order chi connectivity index (χ0) is 11.6. The van der Waals surface area contributed by atoms with E-state index in [2.05, 4.69) is 34.6 Å². The molecule has 0 aromatic heterocycles. The van der Waals surface area contributed by atoms with Gasteiger partial charge < -0.3 is 0 Å². The normalized spacial score (nSPS) is 58.1. The second-order valence-corrected chi connectivity index (χ2v) is 8.20. The van der Waals surface area contributed by atoms with Crippen LogP contribution in [0.3, 0.4) is 0 Å². The first kappa shape index (κ1) is 11.4. The Morgan fingerprint density at radius 2 is 1.60 bits per heavy atom. The molecule has 2 rings (SSSR count). The SMILES string of the molecule is CC1C(C)C2(C)C(C)CS(=O)(=O)C1C2C. The Hall–Kier alpha value is -0.0500. The molecule has 0 aromatic rings. The molecule has 1 aliphatic carbocycles. The van der Waals surface area contributed by atoms with Crippen LogP contribution in [0.15, 0.2) is 0 Å². The van der Waals surface area contributed by atoms with Gasteiger partial charge in [-0.25, -0.2) is 8.42 Å². The van der Waals surface area contributed by atoms with Gasteiger partial charge in [0.15, 0.2) is 9.84 Å². The van der Waals surface area contributed by atoms with Crippen LogP contribution in [-0.2, 0) is 9.84 Å². The number of fused-ring (bicyclic) bond motifs is 2. The third-order valence-corrected chi connectivity index (χ3v) is 8.35. The Labute approximate surface area is 93.4 Å². The number of rotatable bonds is 0. The molecule has 0 radical (unpaired) electrons. The van der Waals surface area contributed by atoms with Gasteiger partial charge in [0.05, 0.1) is 11.0 Å². The van der Waals surface area contributed by atoms with E-state index in [1.54, 1.807) is 0 Å². The Bertz CT molecular complexity index is 373. The first-order valence-corrected chi connectivity index (χ1v) is 7.66. The van der Waals surface area contributed by atoms with Crippen molar-refractivity contribution in [2.45, 2.75) is 39.9 Å². The summed E-state index contributed by atoms with van der Waals surface area (Å²) in [6.07, 6.45) is 0. The van der Waals surface area contributed by atoms with Crippen molar-refractivity contribution in [3.63, 3.8) is 0 Å². The number of hydrogen-bond donors (Lipinski definition) is 0. The van der Waals surface area contributed by atoms with Crippen LogP contribution in [0.25, 0.3) is 0 Å². The molecule has 3 heteroatoms. The van der Waals surface area contributed by atoms with E-state index >= 15 is 0 Å². The summed E-state index contributed by atoms with van der Waals surface area (Å²) in [5.74, 6) is 1.85. The quantitative estimate of drug-likeness (QED) is 0.640. The van der Waals surface area contributed by atoms with E-state index in [4.69, 9.17) is 0 Å². The van der Waals surface area contributed by atoms with Gasteiger partial charge in [-0.15, -0.1) is 0 Å². The molecule has 0 N–H and O–H groups in total. The topological polar surface area (TPSA) is 34.1 Å². The molecule has 2 nitrogen and oxygen atoms in total. The lowest BCUT2D eigenvalue weighted by Crippen LogP contribution is -2.46. The summed E-state index contributed by atoms with van der Waals surface area (Å²) in [4.78, 5) is 0. The van der Waals surface area contributed by atoms with Crippen LogP contribution < -0.4 is 0 Å². The molecule has 1 saturated carbocycles. The van der Waals surface area contributed by atoms with Crippen molar-refractivity contribution in [2.75, 3.05) is 5.75 Å². The van der Waals surface area contributed by atoms with E-state index in [0.29, 0.717) is 29.4 Å². The fourth-order valence-corrected chi connectivity index (χ4v) is 7.33. The van der Waals surface area contributed by atoms with E-state index in [9.17, 15) is 8.42 Å². The zero-order valence-corrected chi connectivity index (χ0v) is 11.1. The van der Waals surface area contributed by atoms with Crippen molar-refractivity contribution in [3.8, 4) is 0 Å². The number of sulfone groups is 1. The highest BCUT2D eigenvalue weighted by Gasteiger charge is 2.62. The Morgan fingerprint density at radius 1 is 1.07 bits per heavy atom. The van der Waals surface area contributed by atoms with Crippen molar-refractivity contribution < 1.29 is 8.42 Å². The van der Waals surface area contributed by atoms with Crippen molar-refractivity contribution in [1.29, 1.82) is 0 Å². The first-order chi connectivity index (χ1) is 6.73. The maximum atomic E-state index is 12.2. The van der Waals surface area contributed by atoms with Crippen LogP contribution in [0.2, 0.25) is 0 Å². The van der Waals surface area contributed by atoms with Crippen LogP contribution in [0, 0.1) is 29.1 Å². The molecule has 6 unspecified atom stereocenters. The van der Waals surface area contributed by atoms with Gasteiger partial charge in [0.25, 0.3) is 0 Å². The highest BCUT2D eigenvalue weighted by atomic mass is 32.2. The largest absolute Gasteiger partial charge is 0.229 e. The minimum absolute atomic E-state index is 0.0892. The van der Waals surface area contributed by atoms with Gasteiger partial charge in [0.2, 0.25) is 0 Å². The lowest BCUT2D eigenvalue weighted by atomic mass is 9.66. The fraction of sp³-hybridized carbons (Fsp3) is 1.00. The molecule has 1 saturated heterocycles. The molecule has 2 aliphatic rings. The van der Waals surface area contributed by atoms with Crippen molar-refractivity contribution in [1.82, 2.24) is 0 Å².